The van der Waals surface area contributed by atoms with Crippen LogP contribution in [0.15, 0.2) is 47.2 Å². The first kappa shape index (κ1) is 11.1. The number of hydrogen-bond donors (Lipinski definition) is 0. The molecular formula is C13H12BrNO. The number of halogens is 1. The third-order valence-electron chi connectivity index (χ3n) is 2.34. The molecule has 1 aromatic heterocycles. The summed E-state index contributed by atoms with van der Waals surface area (Å²) in [6.07, 6.45) is 3.51. The average molecular weight is 278 g/mol. The van der Waals surface area contributed by atoms with Crippen molar-refractivity contribution < 1.29 is 4.74 Å². The maximum atomic E-state index is 5.71. The van der Waals surface area contributed by atoms with E-state index in [1.54, 1.807) is 12.4 Å². The van der Waals surface area contributed by atoms with Gasteiger partial charge in [0, 0.05) is 16.2 Å². The van der Waals surface area contributed by atoms with E-state index in [2.05, 4.69) is 20.9 Å². The number of benzene rings is 1. The van der Waals surface area contributed by atoms with E-state index < -0.39 is 0 Å². The average Bonchev–Trinajstić information content (AvgIpc) is 2.32. The zero-order chi connectivity index (χ0) is 11.4. The number of hydrogen-bond acceptors (Lipinski definition) is 2. The summed E-state index contributed by atoms with van der Waals surface area (Å²) in [6, 6.07) is 10.1. The maximum Gasteiger partial charge on any atom is 0.142 e. The molecule has 1 aromatic carbocycles. The van der Waals surface area contributed by atoms with Gasteiger partial charge in [0.05, 0.1) is 6.20 Å². The number of pyridine rings is 1. The van der Waals surface area contributed by atoms with Gasteiger partial charge < -0.3 is 4.74 Å². The highest BCUT2D eigenvalue weighted by molar-refractivity contribution is 9.10. The smallest absolute Gasteiger partial charge is 0.142 e. The van der Waals surface area contributed by atoms with Crippen molar-refractivity contribution >= 4 is 15.9 Å². The molecule has 82 valence electrons. The van der Waals surface area contributed by atoms with Crippen LogP contribution in [-0.2, 0) is 6.61 Å². The Labute approximate surface area is 103 Å². The first-order valence-electron chi connectivity index (χ1n) is 5.04. The van der Waals surface area contributed by atoms with E-state index in [9.17, 15) is 0 Å². The van der Waals surface area contributed by atoms with Gasteiger partial charge in [0.1, 0.15) is 12.4 Å². The van der Waals surface area contributed by atoms with Crippen LogP contribution in [0.1, 0.15) is 11.1 Å². The van der Waals surface area contributed by atoms with Crippen molar-refractivity contribution in [3.63, 3.8) is 0 Å². The monoisotopic (exact) mass is 277 g/mol. The van der Waals surface area contributed by atoms with Gasteiger partial charge in [-0.2, -0.15) is 0 Å². The SMILES string of the molecule is Cc1c(Br)cncc1OCc1ccccc1. The summed E-state index contributed by atoms with van der Waals surface area (Å²) in [5.74, 6) is 0.818. The fraction of sp³-hybridized carbons (Fsp3) is 0.154. The molecule has 0 N–H and O–H groups in total. The lowest BCUT2D eigenvalue weighted by Crippen LogP contribution is -1.97. The van der Waals surface area contributed by atoms with Crippen LogP contribution in [0.3, 0.4) is 0 Å². The van der Waals surface area contributed by atoms with E-state index in [4.69, 9.17) is 4.74 Å². The van der Waals surface area contributed by atoms with Crippen LogP contribution in [0, 0.1) is 6.92 Å². The molecule has 0 aliphatic carbocycles. The lowest BCUT2D eigenvalue weighted by molar-refractivity contribution is 0.302. The molecule has 2 rings (SSSR count). The molecule has 0 amide bonds. The van der Waals surface area contributed by atoms with Gasteiger partial charge >= 0.3 is 0 Å². The van der Waals surface area contributed by atoms with Crippen molar-refractivity contribution in [2.75, 3.05) is 0 Å². The Balaban J connectivity index is 2.08. The summed E-state index contributed by atoms with van der Waals surface area (Å²) >= 11 is 3.43. The van der Waals surface area contributed by atoms with Crippen LogP contribution in [0.4, 0.5) is 0 Å². The van der Waals surface area contributed by atoms with Crippen molar-refractivity contribution in [1.82, 2.24) is 4.98 Å². The summed E-state index contributed by atoms with van der Waals surface area (Å²) in [7, 11) is 0. The van der Waals surface area contributed by atoms with Gasteiger partial charge in [0.2, 0.25) is 0 Å². The van der Waals surface area contributed by atoms with E-state index in [1.165, 1.54) is 0 Å². The Morgan fingerprint density at radius 1 is 1.19 bits per heavy atom. The van der Waals surface area contributed by atoms with Gasteiger partial charge in [-0.15, -0.1) is 0 Å². The fourth-order valence-corrected chi connectivity index (χ4v) is 1.68. The molecular weight excluding hydrogens is 266 g/mol. The zero-order valence-electron chi connectivity index (χ0n) is 8.98. The van der Waals surface area contributed by atoms with Crippen LogP contribution in [0.5, 0.6) is 5.75 Å². The lowest BCUT2D eigenvalue weighted by Gasteiger charge is -2.09. The van der Waals surface area contributed by atoms with Crippen LogP contribution >= 0.6 is 15.9 Å². The maximum absolute atomic E-state index is 5.71. The largest absolute Gasteiger partial charge is 0.487 e. The molecule has 0 saturated heterocycles. The Morgan fingerprint density at radius 2 is 1.94 bits per heavy atom. The minimum atomic E-state index is 0.569. The van der Waals surface area contributed by atoms with Gasteiger partial charge in [-0.05, 0) is 28.4 Å². The molecule has 16 heavy (non-hydrogen) atoms. The zero-order valence-corrected chi connectivity index (χ0v) is 10.6. The lowest BCUT2D eigenvalue weighted by atomic mass is 10.2. The summed E-state index contributed by atoms with van der Waals surface area (Å²) in [5.41, 5.74) is 2.23. The molecule has 0 spiro atoms. The Hall–Kier alpha value is -1.35. The predicted molar refractivity (Wildman–Crippen MR) is 67.4 cm³/mol. The quantitative estimate of drug-likeness (QED) is 0.853. The van der Waals surface area contributed by atoms with E-state index in [0.29, 0.717) is 6.61 Å². The Kier molecular flexibility index (Phi) is 3.57. The second kappa shape index (κ2) is 5.12. The molecule has 0 fully saturated rings. The van der Waals surface area contributed by atoms with E-state index >= 15 is 0 Å². The van der Waals surface area contributed by atoms with Gasteiger partial charge in [0.15, 0.2) is 0 Å². The summed E-state index contributed by atoms with van der Waals surface area (Å²) in [6.45, 7) is 2.58. The topological polar surface area (TPSA) is 22.1 Å². The Bertz CT molecular complexity index is 471. The second-order valence-corrected chi connectivity index (χ2v) is 4.37. The van der Waals surface area contributed by atoms with Crippen LogP contribution in [-0.4, -0.2) is 4.98 Å². The van der Waals surface area contributed by atoms with Crippen LogP contribution < -0.4 is 4.74 Å². The summed E-state index contributed by atoms with van der Waals surface area (Å²) in [5, 5.41) is 0. The highest BCUT2D eigenvalue weighted by atomic mass is 79.9. The second-order valence-electron chi connectivity index (χ2n) is 3.52. The molecule has 2 nitrogen and oxygen atoms in total. The number of aromatic nitrogens is 1. The first-order chi connectivity index (χ1) is 7.77. The first-order valence-corrected chi connectivity index (χ1v) is 5.83. The molecule has 2 aromatic rings. The molecule has 1 heterocycles. The van der Waals surface area contributed by atoms with Crippen LogP contribution in [0.2, 0.25) is 0 Å². The minimum Gasteiger partial charge on any atom is -0.487 e. The molecule has 0 radical (unpaired) electrons. The van der Waals surface area contributed by atoms with Gasteiger partial charge in [-0.3, -0.25) is 4.98 Å². The number of rotatable bonds is 3. The summed E-state index contributed by atoms with van der Waals surface area (Å²) in [4.78, 5) is 4.09. The third kappa shape index (κ3) is 2.61. The highest BCUT2D eigenvalue weighted by Crippen LogP contribution is 2.24. The van der Waals surface area contributed by atoms with Crippen molar-refractivity contribution in [2.24, 2.45) is 0 Å². The molecule has 0 unspecified atom stereocenters. The van der Waals surface area contributed by atoms with Crippen molar-refractivity contribution in [2.45, 2.75) is 13.5 Å². The van der Waals surface area contributed by atoms with E-state index in [0.717, 1.165) is 21.3 Å². The summed E-state index contributed by atoms with van der Waals surface area (Å²) < 4.78 is 6.68. The van der Waals surface area contributed by atoms with Crippen molar-refractivity contribution in [3.05, 3.63) is 58.3 Å². The molecule has 0 aliphatic heterocycles. The number of nitrogens with zero attached hydrogens (tertiary/aromatic N) is 1. The van der Waals surface area contributed by atoms with Gasteiger partial charge in [-0.25, -0.2) is 0 Å². The van der Waals surface area contributed by atoms with Crippen molar-refractivity contribution in [1.29, 1.82) is 0 Å². The van der Waals surface area contributed by atoms with Gasteiger partial charge in [-0.1, -0.05) is 30.3 Å². The minimum absolute atomic E-state index is 0.569. The van der Waals surface area contributed by atoms with Gasteiger partial charge in [0.25, 0.3) is 0 Å². The number of ether oxygens (including phenoxy) is 1. The molecule has 0 aliphatic rings. The van der Waals surface area contributed by atoms with E-state index in [-0.39, 0.29) is 0 Å². The molecule has 0 saturated carbocycles. The fourth-order valence-electron chi connectivity index (χ4n) is 1.36. The molecule has 0 atom stereocenters. The third-order valence-corrected chi connectivity index (χ3v) is 3.14. The standard InChI is InChI=1S/C13H12BrNO/c1-10-12(14)7-15-8-13(10)16-9-11-5-3-2-4-6-11/h2-8H,9H2,1H3. The Morgan fingerprint density at radius 3 is 2.69 bits per heavy atom. The highest BCUT2D eigenvalue weighted by Gasteiger charge is 2.03. The predicted octanol–water partition coefficient (Wildman–Crippen LogP) is 3.73. The normalized spacial score (nSPS) is 10.1. The van der Waals surface area contributed by atoms with Crippen molar-refractivity contribution in [3.8, 4) is 5.75 Å². The molecule has 3 heteroatoms. The van der Waals surface area contributed by atoms with Crippen LogP contribution in [0.25, 0.3) is 0 Å². The molecule has 0 bridgehead atoms. The van der Waals surface area contributed by atoms with E-state index in [1.807, 2.05) is 37.3 Å².